The molecule has 0 aliphatic rings. The van der Waals surface area contributed by atoms with Gasteiger partial charge in [-0.2, -0.15) is 5.10 Å². The van der Waals surface area contributed by atoms with Crippen LogP contribution in [0.25, 0.3) is 0 Å². The van der Waals surface area contributed by atoms with Crippen LogP contribution in [0.3, 0.4) is 0 Å². The summed E-state index contributed by atoms with van der Waals surface area (Å²) in [6, 6.07) is 14.3. The lowest BCUT2D eigenvalue weighted by Gasteiger charge is -2.13. The fourth-order valence-corrected chi connectivity index (χ4v) is 2.81. The number of nitrogens with zero attached hydrogens (tertiary/aromatic N) is 2. The summed E-state index contributed by atoms with van der Waals surface area (Å²) >= 11 is 12.0. The van der Waals surface area contributed by atoms with Crippen LogP contribution in [-0.4, -0.2) is 20.9 Å². The van der Waals surface area contributed by atoms with Crippen molar-refractivity contribution in [1.29, 1.82) is 0 Å². The number of carboxylic acid groups (broad SMARTS) is 1. The molecule has 0 fully saturated rings. The number of aromatic carboxylic acids is 1. The number of rotatable bonds is 6. The highest BCUT2D eigenvalue weighted by molar-refractivity contribution is 6.30. The van der Waals surface area contributed by atoms with Crippen molar-refractivity contribution in [3.63, 3.8) is 0 Å². The first-order valence-electron chi connectivity index (χ1n) is 7.86. The summed E-state index contributed by atoms with van der Waals surface area (Å²) in [6.45, 7) is 2.54. The molecular weight excluding hydrogens is 375 g/mol. The molecule has 0 saturated carbocycles. The highest BCUT2D eigenvalue weighted by Gasteiger charge is 2.13. The van der Waals surface area contributed by atoms with E-state index in [9.17, 15) is 4.79 Å². The van der Waals surface area contributed by atoms with Gasteiger partial charge in [0.25, 0.3) is 0 Å². The fraction of sp³-hybridized carbons (Fsp3) is 0.158. The number of hydrogen-bond acceptors (Lipinski definition) is 3. The van der Waals surface area contributed by atoms with E-state index >= 15 is 0 Å². The van der Waals surface area contributed by atoms with Crippen molar-refractivity contribution in [3.8, 4) is 5.75 Å². The maximum Gasteiger partial charge on any atom is 0.356 e. The zero-order valence-electron chi connectivity index (χ0n) is 13.9. The third kappa shape index (κ3) is 4.36. The molecule has 26 heavy (non-hydrogen) atoms. The molecule has 0 amide bonds. The van der Waals surface area contributed by atoms with Gasteiger partial charge in [-0.05, 0) is 48.9 Å². The van der Waals surface area contributed by atoms with E-state index in [1.807, 2.05) is 24.3 Å². The molecule has 7 heteroatoms. The second kappa shape index (κ2) is 7.81. The molecule has 1 N–H and O–H groups in total. The summed E-state index contributed by atoms with van der Waals surface area (Å²) in [7, 11) is 0. The second-order valence-electron chi connectivity index (χ2n) is 5.80. The Morgan fingerprint density at radius 1 is 1.12 bits per heavy atom. The predicted octanol–water partition coefficient (Wildman–Crippen LogP) is 4.82. The van der Waals surface area contributed by atoms with E-state index in [1.54, 1.807) is 29.8 Å². The minimum absolute atomic E-state index is 0.00756. The number of aryl methyl sites for hydroxylation is 1. The van der Waals surface area contributed by atoms with Crippen molar-refractivity contribution in [2.24, 2.45) is 0 Å². The molecule has 2 aromatic carbocycles. The van der Waals surface area contributed by atoms with Crippen LogP contribution in [0.15, 0.2) is 48.5 Å². The van der Waals surface area contributed by atoms with Crippen LogP contribution < -0.4 is 4.74 Å². The van der Waals surface area contributed by atoms with Gasteiger partial charge in [0, 0.05) is 21.3 Å². The van der Waals surface area contributed by atoms with Gasteiger partial charge >= 0.3 is 5.97 Å². The van der Waals surface area contributed by atoms with Gasteiger partial charge in [-0.3, -0.25) is 4.68 Å². The van der Waals surface area contributed by atoms with Crippen molar-refractivity contribution in [2.75, 3.05) is 0 Å². The quantitative estimate of drug-likeness (QED) is 0.654. The third-order valence-electron chi connectivity index (χ3n) is 3.85. The Labute approximate surface area is 160 Å². The van der Waals surface area contributed by atoms with Crippen molar-refractivity contribution in [3.05, 3.63) is 81.1 Å². The molecule has 0 bridgehead atoms. The first-order chi connectivity index (χ1) is 12.4. The molecule has 0 radical (unpaired) electrons. The number of carboxylic acids is 1. The Bertz CT molecular complexity index is 936. The number of benzene rings is 2. The predicted molar refractivity (Wildman–Crippen MR) is 100 cm³/mol. The largest absolute Gasteiger partial charge is 0.489 e. The van der Waals surface area contributed by atoms with Gasteiger partial charge in [0.1, 0.15) is 12.4 Å². The molecule has 0 unspecified atom stereocenters. The van der Waals surface area contributed by atoms with Crippen molar-refractivity contribution >= 4 is 29.2 Å². The third-order valence-corrected chi connectivity index (χ3v) is 4.34. The Hall–Kier alpha value is -2.50. The van der Waals surface area contributed by atoms with Crippen LogP contribution >= 0.6 is 23.2 Å². The maximum absolute atomic E-state index is 11.1. The normalized spacial score (nSPS) is 10.7. The second-order valence-corrected chi connectivity index (χ2v) is 6.67. The van der Waals surface area contributed by atoms with E-state index in [-0.39, 0.29) is 5.69 Å². The van der Waals surface area contributed by atoms with Gasteiger partial charge in [-0.15, -0.1) is 0 Å². The topological polar surface area (TPSA) is 64.3 Å². The summed E-state index contributed by atoms with van der Waals surface area (Å²) in [5, 5.41) is 14.4. The van der Waals surface area contributed by atoms with Gasteiger partial charge in [-0.25, -0.2) is 4.79 Å². The number of carbonyl (C=O) groups is 1. The Kier molecular flexibility index (Phi) is 5.49. The van der Waals surface area contributed by atoms with Gasteiger partial charge < -0.3 is 9.84 Å². The van der Waals surface area contributed by atoms with Crippen molar-refractivity contribution in [2.45, 2.75) is 20.1 Å². The molecule has 5 nitrogen and oxygen atoms in total. The molecular formula is C19H16Cl2N2O3. The molecule has 0 saturated heterocycles. The fourth-order valence-electron chi connectivity index (χ4n) is 2.49. The molecule has 3 aromatic rings. The van der Waals surface area contributed by atoms with Gasteiger partial charge in [-0.1, -0.05) is 35.3 Å². The minimum Gasteiger partial charge on any atom is -0.489 e. The van der Waals surface area contributed by atoms with E-state index in [0.717, 1.165) is 16.8 Å². The first kappa shape index (κ1) is 18.3. The lowest BCUT2D eigenvalue weighted by atomic mass is 10.2. The lowest BCUT2D eigenvalue weighted by Crippen LogP contribution is -2.08. The average molecular weight is 391 g/mol. The smallest absolute Gasteiger partial charge is 0.356 e. The Balaban J connectivity index is 1.81. The van der Waals surface area contributed by atoms with Crippen LogP contribution in [0.4, 0.5) is 0 Å². The highest BCUT2D eigenvalue weighted by atomic mass is 35.5. The molecule has 3 rings (SSSR count). The number of hydrogen-bond donors (Lipinski definition) is 1. The minimum atomic E-state index is -1.06. The maximum atomic E-state index is 11.1. The summed E-state index contributed by atoms with van der Waals surface area (Å²) in [6.07, 6.45) is 0. The standard InChI is InChI=1S/C19H16Cl2N2O3/c1-12-8-17(19(24)25)22-23(12)10-14-9-16(21)6-7-18(14)26-11-13-2-4-15(20)5-3-13/h2-9H,10-11H2,1H3,(H,24,25). The van der Waals surface area contributed by atoms with E-state index in [4.69, 9.17) is 33.0 Å². The molecule has 0 spiro atoms. The highest BCUT2D eigenvalue weighted by Crippen LogP contribution is 2.25. The van der Waals surface area contributed by atoms with Crippen LogP contribution in [-0.2, 0) is 13.2 Å². The SMILES string of the molecule is Cc1cc(C(=O)O)nn1Cc1cc(Cl)ccc1OCc1ccc(Cl)cc1. The summed E-state index contributed by atoms with van der Waals surface area (Å²) < 4.78 is 7.54. The van der Waals surface area contributed by atoms with Crippen LogP contribution in [0.5, 0.6) is 5.75 Å². The first-order valence-corrected chi connectivity index (χ1v) is 8.61. The van der Waals surface area contributed by atoms with E-state index < -0.39 is 5.97 Å². The van der Waals surface area contributed by atoms with Gasteiger partial charge in [0.2, 0.25) is 0 Å². The number of ether oxygens (including phenoxy) is 1. The lowest BCUT2D eigenvalue weighted by molar-refractivity contribution is 0.0689. The van der Waals surface area contributed by atoms with Crippen LogP contribution in [0, 0.1) is 6.92 Å². The number of halogens is 2. The van der Waals surface area contributed by atoms with E-state index in [0.29, 0.717) is 28.9 Å². The summed E-state index contributed by atoms with van der Waals surface area (Å²) in [4.78, 5) is 11.1. The molecule has 1 heterocycles. The number of aromatic nitrogens is 2. The molecule has 134 valence electrons. The Morgan fingerprint density at radius 2 is 1.81 bits per heavy atom. The summed E-state index contributed by atoms with van der Waals surface area (Å²) in [5.41, 5.74) is 2.55. The summed E-state index contributed by atoms with van der Waals surface area (Å²) in [5.74, 6) is -0.395. The van der Waals surface area contributed by atoms with Crippen LogP contribution in [0.2, 0.25) is 10.0 Å². The Morgan fingerprint density at radius 3 is 2.46 bits per heavy atom. The van der Waals surface area contributed by atoms with Crippen molar-refractivity contribution < 1.29 is 14.6 Å². The van der Waals surface area contributed by atoms with E-state index in [2.05, 4.69) is 5.10 Å². The van der Waals surface area contributed by atoms with Gasteiger partial charge in [0.05, 0.1) is 6.54 Å². The zero-order chi connectivity index (χ0) is 18.7. The zero-order valence-corrected chi connectivity index (χ0v) is 15.5. The molecule has 0 aliphatic carbocycles. The molecule has 0 atom stereocenters. The van der Waals surface area contributed by atoms with Crippen LogP contribution in [0.1, 0.15) is 27.3 Å². The molecule has 1 aromatic heterocycles. The van der Waals surface area contributed by atoms with Crippen molar-refractivity contribution in [1.82, 2.24) is 9.78 Å². The average Bonchev–Trinajstić information content (AvgIpc) is 2.97. The van der Waals surface area contributed by atoms with E-state index in [1.165, 1.54) is 6.07 Å². The molecule has 0 aliphatic heterocycles. The van der Waals surface area contributed by atoms with Gasteiger partial charge in [0.15, 0.2) is 5.69 Å². The monoisotopic (exact) mass is 390 g/mol.